The molecule has 1 heterocycles. The molecule has 0 saturated heterocycles. The Morgan fingerprint density at radius 1 is 1.21 bits per heavy atom. The molecule has 2 aromatic rings. The van der Waals surface area contributed by atoms with Crippen LogP contribution in [0.1, 0.15) is 22.4 Å². The fraction of sp³-hybridized carbons (Fsp3) is 0.250. The van der Waals surface area contributed by atoms with Crippen molar-refractivity contribution in [3.05, 3.63) is 58.8 Å². The molecule has 0 atom stereocenters. The van der Waals surface area contributed by atoms with Gasteiger partial charge in [-0.3, -0.25) is 0 Å². The van der Waals surface area contributed by atoms with Gasteiger partial charge in [0.15, 0.2) is 0 Å². The smallest absolute Gasteiger partial charge is 0.127 e. The molecule has 0 spiro atoms. The molecule has 0 aliphatic heterocycles. The summed E-state index contributed by atoms with van der Waals surface area (Å²) in [6, 6.07) is 14.1. The van der Waals surface area contributed by atoms with Crippen LogP contribution in [0, 0.1) is 25.2 Å². The van der Waals surface area contributed by atoms with Crippen LogP contribution < -0.4 is 5.32 Å². The molecule has 0 aliphatic rings. The summed E-state index contributed by atoms with van der Waals surface area (Å²) in [7, 11) is 0. The fourth-order valence-corrected chi connectivity index (χ4v) is 2.04. The molecule has 19 heavy (non-hydrogen) atoms. The monoisotopic (exact) mass is 251 g/mol. The summed E-state index contributed by atoms with van der Waals surface area (Å²) in [6.07, 6.45) is 0.949. The molecule has 0 bridgehead atoms. The Labute approximate surface area is 113 Å². The van der Waals surface area contributed by atoms with Crippen LogP contribution in [0.25, 0.3) is 0 Å². The lowest BCUT2D eigenvalue weighted by Crippen LogP contribution is -2.07. The van der Waals surface area contributed by atoms with E-state index in [-0.39, 0.29) is 0 Å². The number of aromatic nitrogens is 1. The van der Waals surface area contributed by atoms with Crippen LogP contribution in [0.3, 0.4) is 0 Å². The first-order valence-electron chi connectivity index (χ1n) is 6.36. The zero-order valence-electron chi connectivity index (χ0n) is 11.3. The molecular formula is C16H17N3. The van der Waals surface area contributed by atoms with Crippen LogP contribution in [0.2, 0.25) is 0 Å². The van der Waals surface area contributed by atoms with Gasteiger partial charge in [-0.05, 0) is 43.5 Å². The van der Waals surface area contributed by atoms with E-state index >= 15 is 0 Å². The highest BCUT2D eigenvalue weighted by atomic mass is 15.0. The molecular weight excluding hydrogens is 234 g/mol. The first-order valence-corrected chi connectivity index (χ1v) is 6.36. The molecule has 2 rings (SSSR count). The van der Waals surface area contributed by atoms with E-state index in [0.717, 1.165) is 24.5 Å². The molecule has 96 valence electrons. The van der Waals surface area contributed by atoms with Crippen LogP contribution >= 0.6 is 0 Å². The minimum absolute atomic E-state index is 0.644. The third-order valence-electron chi connectivity index (χ3n) is 3.04. The number of anilines is 1. The molecule has 0 aliphatic carbocycles. The van der Waals surface area contributed by atoms with E-state index in [1.165, 1.54) is 11.1 Å². The Bertz CT molecular complexity index is 612. The van der Waals surface area contributed by atoms with Crippen LogP contribution in [0.15, 0.2) is 36.4 Å². The number of nitriles is 1. The molecule has 1 N–H and O–H groups in total. The number of hydrogen-bond acceptors (Lipinski definition) is 3. The molecule has 1 aromatic heterocycles. The minimum atomic E-state index is 0.644. The molecule has 0 fully saturated rings. The molecule has 1 aromatic carbocycles. The largest absolute Gasteiger partial charge is 0.370 e. The van der Waals surface area contributed by atoms with Gasteiger partial charge in [0, 0.05) is 12.2 Å². The Morgan fingerprint density at radius 2 is 2.00 bits per heavy atom. The van der Waals surface area contributed by atoms with E-state index in [4.69, 9.17) is 5.26 Å². The number of rotatable bonds is 4. The van der Waals surface area contributed by atoms with Crippen LogP contribution in [0.5, 0.6) is 0 Å². The Balaban J connectivity index is 1.98. The highest BCUT2D eigenvalue weighted by Crippen LogP contribution is 2.11. The summed E-state index contributed by atoms with van der Waals surface area (Å²) in [5.41, 5.74) is 4.14. The molecule has 0 radical (unpaired) electrons. The van der Waals surface area contributed by atoms with Crippen molar-refractivity contribution in [1.29, 1.82) is 5.26 Å². The van der Waals surface area contributed by atoms with Crippen LogP contribution in [-0.2, 0) is 6.42 Å². The Hall–Kier alpha value is -2.34. The van der Waals surface area contributed by atoms with E-state index < -0.39 is 0 Å². The SMILES string of the molecule is Cc1cc(C#N)cc(NCCc2ccccc2C)n1. The second-order valence-corrected chi connectivity index (χ2v) is 4.60. The average Bonchev–Trinajstić information content (AvgIpc) is 2.40. The lowest BCUT2D eigenvalue weighted by Gasteiger charge is -2.08. The van der Waals surface area contributed by atoms with E-state index in [2.05, 4.69) is 41.5 Å². The van der Waals surface area contributed by atoms with Crippen LogP contribution in [-0.4, -0.2) is 11.5 Å². The average molecular weight is 251 g/mol. The topological polar surface area (TPSA) is 48.7 Å². The van der Waals surface area contributed by atoms with Gasteiger partial charge in [0.1, 0.15) is 5.82 Å². The molecule has 3 heteroatoms. The number of nitrogens with zero attached hydrogens (tertiary/aromatic N) is 2. The minimum Gasteiger partial charge on any atom is -0.370 e. The van der Waals surface area contributed by atoms with Gasteiger partial charge >= 0.3 is 0 Å². The van der Waals surface area contributed by atoms with Crippen molar-refractivity contribution < 1.29 is 0 Å². The van der Waals surface area contributed by atoms with Crippen molar-refractivity contribution in [3.8, 4) is 6.07 Å². The van der Waals surface area contributed by atoms with Gasteiger partial charge in [-0.25, -0.2) is 4.98 Å². The number of benzene rings is 1. The quantitative estimate of drug-likeness (QED) is 0.907. The van der Waals surface area contributed by atoms with E-state index in [0.29, 0.717) is 5.56 Å². The van der Waals surface area contributed by atoms with Gasteiger partial charge in [-0.1, -0.05) is 24.3 Å². The van der Waals surface area contributed by atoms with E-state index in [1.807, 2.05) is 13.0 Å². The van der Waals surface area contributed by atoms with Crippen molar-refractivity contribution in [2.45, 2.75) is 20.3 Å². The van der Waals surface area contributed by atoms with Crippen molar-refractivity contribution in [1.82, 2.24) is 4.98 Å². The predicted octanol–water partition coefficient (Wildman–Crippen LogP) is 3.22. The van der Waals surface area contributed by atoms with Gasteiger partial charge in [0.2, 0.25) is 0 Å². The second kappa shape index (κ2) is 6.01. The number of hydrogen-bond donors (Lipinski definition) is 1. The molecule has 0 saturated carbocycles. The third kappa shape index (κ3) is 3.56. The van der Waals surface area contributed by atoms with Gasteiger partial charge < -0.3 is 5.32 Å². The lowest BCUT2D eigenvalue weighted by atomic mass is 10.1. The summed E-state index contributed by atoms with van der Waals surface area (Å²) in [6.45, 7) is 4.83. The van der Waals surface area contributed by atoms with Crippen molar-refractivity contribution in [2.75, 3.05) is 11.9 Å². The maximum atomic E-state index is 8.92. The molecule has 3 nitrogen and oxygen atoms in total. The summed E-state index contributed by atoms with van der Waals surface area (Å²) in [5.74, 6) is 0.769. The molecule has 0 amide bonds. The van der Waals surface area contributed by atoms with Gasteiger partial charge in [0.05, 0.1) is 11.6 Å². The normalized spacial score (nSPS) is 9.95. The van der Waals surface area contributed by atoms with Crippen molar-refractivity contribution in [3.63, 3.8) is 0 Å². The predicted molar refractivity (Wildman–Crippen MR) is 77.1 cm³/mol. The van der Waals surface area contributed by atoms with Gasteiger partial charge in [-0.15, -0.1) is 0 Å². The molecule has 0 unspecified atom stereocenters. The summed E-state index contributed by atoms with van der Waals surface area (Å²) in [4.78, 5) is 4.37. The van der Waals surface area contributed by atoms with Gasteiger partial charge in [-0.2, -0.15) is 5.26 Å². The number of pyridine rings is 1. The maximum absolute atomic E-state index is 8.92. The summed E-state index contributed by atoms with van der Waals surface area (Å²) in [5, 5.41) is 12.2. The Morgan fingerprint density at radius 3 is 2.74 bits per heavy atom. The number of aryl methyl sites for hydroxylation is 2. The van der Waals surface area contributed by atoms with Crippen molar-refractivity contribution in [2.24, 2.45) is 0 Å². The van der Waals surface area contributed by atoms with Gasteiger partial charge in [0.25, 0.3) is 0 Å². The first kappa shape index (κ1) is 13.1. The zero-order valence-corrected chi connectivity index (χ0v) is 11.3. The lowest BCUT2D eigenvalue weighted by molar-refractivity contribution is 0.989. The summed E-state index contributed by atoms with van der Waals surface area (Å²) < 4.78 is 0. The standard InChI is InChI=1S/C16H17N3/c1-12-5-3-4-6-15(12)7-8-18-16-10-14(11-17)9-13(2)19-16/h3-6,9-10H,7-8H2,1-2H3,(H,18,19). The maximum Gasteiger partial charge on any atom is 0.127 e. The van der Waals surface area contributed by atoms with Crippen LogP contribution in [0.4, 0.5) is 5.82 Å². The third-order valence-corrected chi connectivity index (χ3v) is 3.04. The van der Waals surface area contributed by atoms with E-state index in [1.54, 1.807) is 12.1 Å². The number of nitrogens with one attached hydrogen (secondary N) is 1. The fourth-order valence-electron chi connectivity index (χ4n) is 2.04. The van der Waals surface area contributed by atoms with E-state index in [9.17, 15) is 0 Å². The second-order valence-electron chi connectivity index (χ2n) is 4.60. The van der Waals surface area contributed by atoms with Crippen molar-refractivity contribution >= 4 is 5.82 Å². The summed E-state index contributed by atoms with van der Waals surface area (Å²) >= 11 is 0. The highest BCUT2D eigenvalue weighted by molar-refractivity contribution is 5.44. The Kier molecular flexibility index (Phi) is 4.15. The first-order chi connectivity index (χ1) is 9.19. The highest BCUT2D eigenvalue weighted by Gasteiger charge is 2.00. The zero-order chi connectivity index (χ0) is 13.7.